The van der Waals surface area contributed by atoms with Crippen LogP contribution in [0.4, 0.5) is 4.39 Å². The second kappa shape index (κ2) is 9.57. The molecule has 0 aliphatic rings. The molecule has 0 aliphatic carbocycles. The van der Waals surface area contributed by atoms with Gasteiger partial charge in [-0.25, -0.2) is 4.39 Å². The van der Waals surface area contributed by atoms with Crippen molar-refractivity contribution in [3.8, 4) is 17.1 Å². The van der Waals surface area contributed by atoms with Crippen molar-refractivity contribution < 1.29 is 18.4 Å². The summed E-state index contributed by atoms with van der Waals surface area (Å²) < 4.78 is 24.0. The second-order valence-corrected chi connectivity index (χ2v) is 7.17. The number of aromatic nitrogens is 2. The molecule has 2 aromatic carbocycles. The Morgan fingerprint density at radius 3 is 2.79 bits per heavy atom. The molecule has 0 radical (unpaired) electrons. The fraction of sp³-hybridized carbons (Fsp3) is 0.211. The van der Waals surface area contributed by atoms with E-state index in [2.05, 4.69) is 15.5 Å². The maximum Gasteiger partial charge on any atom is 0.246 e. The van der Waals surface area contributed by atoms with Crippen LogP contribution in [0.25, 0.3) is 11.4 Å². The molecule has 0 aliphatic heterocycles. The van der Waals surface area contributed by atoms with Crippen LogP contribution in [0.2, 0.25) is 5.02 Å². The smallest absolute Gasteiger partial charge is 0.246 e. The van der Waals surface area contributed by atoms with E-state index >= 15 is 0 Å². The molecule has 6 nitrogen and oxygen atoms in total. The Labute approximate surface area is 170 Å². The minimum absolute atomic E-state index is 0.123. The highest BCUT2D eigenvalue weighted by Gasteiger charge is 2.11. The number of methoxy groups -OCH3 is 1. The highest BCUT2D eigenvalue weighted by molar-refractivity contribution is 7.99. The summed E-state index contributed by atoms with van der Waals surface area (Å²) in [6.07, 6.45) is 0. The topological polar surface area (TPSA) is 77.3 Å². The van der Waals surface area contributed by atoms with E-state index in [1.165, 1.54) is 17.8 Å². The van der Waals surface area contributed by atoms with Crippen molar-refractivity contribution >= 4 is 29.3 Å². The number of hydrogen-bond acceptors (Lipinski definition) is 6. The van der Waals surface area contributed by atoms with Crippen LogP contribution in [0.5, 0.6) is 5.75 Å². The molecule has 0 saturated carbocycles. The average Bonchev–Trinajstić information content (AvgIpc) is 3.17. The van der Waals surface area contributed by atoms with E-state index in [-0.39, 0.29) is 24.0 Å². The summed E-state index contributed by atoms with van der Waals surface area (Å²) >= 11 is 7.02. The SMILES string of the molecule is COc1ccc(-c2noc(CNC(=O)CSCc3ccc(Cl)cc3F)n2)cc1. The van der Waals surface area contributed by atoms with Crippen LogP contribution < -0.4 is 10.1 Å². The van der Waals surface area contributed by atoms with Crippen molar-refractivity contribution in [2.75, 3.05) is 12.9 Å². The van der Waals surface area contributed by atoms with Crippen LogP contribution in [-0.4, -0.2) is 28.9 Å². The number of carbonyl (C=O) groups is 1. The van der Waals surface area contributed by atoms with Gasteiger partial charge in [0.05, 0.1) is 19.4 Å². The maximum absolute atomic E-state index is 13.7. The molecule has 0 unspecified atom stereocenters. The number of amides is 1. The third kappa shape index (κ3) is 5.46. The fourth-order valence-electron chi connectivity index (χ4n) is 2.30. The molecular weight excluding hydrogens is 405 g/mol. The quantitative estimate of drug-likeness (QED) is 0.590. The number of hydrogen-bond donors (Lipinski definition) is 1. The molecule has 9 heteroatoms. The lowest BCUT2D eigenvalue weighted by molar-refractivity contribution is -0.118. The normalized spacial score (nSPS) is 10.7. The maximum atomic E-state index is 13.7. The van der Waals surface area contributed by atoms with Crippen LogP contribution in [0, 0.1) is 5.82 Å². The number of thioether (sulfide) groups is 1. The summed E-state index contributed by atoms with van der Waals surface area (Å²) in [4.78, 5) is 16.2. The molecule has 1 amide bonds. The summed E-state index contributed by atoms with van der Waals surface area (Å²) in [5.74, 6) is 1.43. The van der Waals surface area contributed by atoms with Crippen LogP contribution >= 0.6 is 23.4 Å². The average molecular weight is 422 g/mol. The van der Waals surface area contributed by atoms with Crippen LogP contribution in [0.15, 0.2) is 47.0 Å². The largest absolute Gasteiger partial charge is 0.497 e. The molecule has 3 aromatic rings. The van der Waals surface area contributed by atoms with Crippen LogP contribution in [-0.2, 0) is 17.1 Å². The van der Waals surface area contributed by atoms with Crippen molar-refractivity contribution in [2.24, 2.45) is 0 Å². The molecule has 0 atom stereocenters. The molecule has 0 spiro atoms. The predicted molar refractivity (Wildman–Crippen MR) is 106 cm³/mol. The number of nitrogens with zero attached hydrogens (tertiary/aromatic N) is 2. The molecule has 28 heavy (non-hydrogen) atoms. The van der Waals surface area contributed by atoms with Gasteiger partial charge in [-0.1, -0.05) is 22.8 Å². The minimum atomic E-state index is -0.377. The molecule has 3 rings (SSSR count). The molecule has 146 valence electrons. The lowest BCUT2D eigenvalue weighted by Crippen LogP contribution is -2.24. The first-order chi connectivity index (χ1) is 13.5. The van der Waals surface area contributed by atoms with Gasteiger partial charge in [0.15, 0.2) is 0 Å². The van der Waals surface area contributed by atoms with Crippen molar-refractivity contribution in [1.82, 2.24) is 15.5 Å². The summed E-state index contributed by atoms with van der Waals surface area (Å²) in [5, 5.41) is 6.95. The van der Waals surface area contributed by atoms with Crippen molar-refractivity contribution in [1.29, 1.82) is 0 Å². The number of rotatable bonds is 8. The van der Waals surface area contributed by atoms with Gasteiger partial charge in [-0.05, 0) is 42.0 Å². The third-order valence-electron chi connectivity index (χ3n) is 3.76. The van der Waals surface area contributed by atoms with E-state index in [0.29, 0.717) is 28.1 Å². The van der Waals surface area contributed by atoms with Crippen LogP contribution in [0.3, 0.4) is 0 Å². The van der Waals surface area contributed by atoms with Crippen molar-refractivity contribution in [3.63, 3.8) is 0 Å². The first kappa shape index (κ1) is 20.2. The zero-order valence-corrected chi connectivity index (χ0v) is 16.5. The Morgan fingerprint density at radius 1 is 1.29 bits per heavy atom. The van der Waals surface area contributed by atoms with Gasteiger partial charge in [0.2, 0.25) is 17.6 Å². The van der Waals surface area contributed by atoms with Gasteiger partial charge < -0.3 is 14.6 Å². The number of benzene rings is 2. The van der Waals surface area contributed by atoms with Gasteiger partial charge in [0, 0.05) is 16.3 Å². The number of carbonyl (C=O) groups excluding carboxylic acids is 1. The zero-order valence-electron chi connectivity index (χ0n) is 14.9. The molecule has 0 fully saturated rings. The van der Waals surface area contributed by atoms with Gasteiger partial charge >= 0.3 is 0 Å². The monoisotopic (exact) mass is 421 g/mol. The van der Waals surface area contributed by atoms with E-state index in [0.717, 1.165) is 11.3 Å². The van der Waals surface area contributed by atoms with Crippen molar-refractivity contribution in [3.05, 3.63) is 64.8 Å². The van der Waals surface area contributed by atoms with Gasteiger partial charge in [-0.15, -0.1) is 11.8 Å². The first-order valence-electron chi connectivity index (χ1n) is 8.30. The summed E-state index contributed by atoms with van der Waals surface area (Å²) in [7, 11) is 1.59. The minimum Gasteiger partial charge on any atom is -0.497 e. The highest BCUT2D eigenvalue weighted by atomic mass is 35.5. The van der Waals surface area contributed by atoms with Gasteiger partial charge in [-0.3, -0.25) is 4.79 Å². The molecular formula is C19H17ClFN3O3S. The Morgan fingerprint density at radius 2 is 2.07 bits per heavy atom. The van der Waals surface area contributed by atoms with E-state index in [9.17, 15) is 9.18 Å². The molecule has 1 aromatic heterocycles. The van der Waals surface area contributed by atoms with E-state index < -0.39 is 0 Å². The highest BCUT2D eigenvalue weighted by Crippen LogP contribution is 2.20. The Kier molecular flexibility index (Phi) is 6.89. The van der Waals surface area contributed by atoms with Crippen LogP contribution in [0.1, 0.15) is 11.5 Å². The molecule has 0 bridgehead atoms. The molecule has 1 heterocycles. The first-order valence-corrected chi connectivity index (χ1v) is 9.84. The number of nitrogens with one attached hydrogen (secondary N) is 1. The summed E-state index contributed by atoms with van der Waals surface area (Å²) in [6, 6.07) is 11.7. The number of halogens is 2. The predicted octanol–water partition coefficient (Wildman–Crippen LogP) is 4.09. The second-order valence-electron chi connectivity index (χ2n) is 5.75. The van der Waals surface area contributed by atoms with E-state index in [1.807, 2.05) is 12.1 Å². The number of ether oxygens (including phenoxy) is 1. The molecule has 1 N–H and O–H groups in total. The standard InChI is InChI=1S/C19H17ClFN3O3S/c1-26-15-6-3-12(4-7-15)19-23-18(27-24-19)9-22-17(25)11-28-10-13-2-5-14(20)8-16(13)21/h2-8H,9-11H2,1H3,(H,22,25). The lowest BCUT2D eigenvalue weighted by atomic mass is 10.2. The fourth-order valence-corrected chi connectivity index (χ4v) is 3.30. The van der Waals surface area contributed by atoms with Gasteiger partial charge in [-0.2, -0.15) is 4.98 Å². The lowest BCUT2D eigenvalue weighted by Gasteiger charge is -2.04. The van der Waals surface area contributed by atoms with Gasteiger partial charge in [0.25, 0.3) is 0 Å². The summed E-state index contributed by atoms with van der Waals surface area (Å²) in [5.41, 5.74) is 1.28. The zero-order chi connectivity index (χ0) is 19.9. The Bertz CT molecular complexity index is 950. The third-order valence-corrected chi connectivity index (χ3v) is 4.98. The molecule has 0 saturated heterocycles. The van der Waals surface area contributed by atoms with Crippen molar-refractivity contribution in [2.45, 2.75) is 12.3 Å². The van der Waals surface area contributed by atoms with Gasteiger partial charge in [0.1, 0.15) is 11.6 Å². The van der Waals surface area contributed by atoms with E-state index in [4.69, 9.17) is 20.9 Å². The Hall–Kier alpha value is -2.58. The Balaban J connectivity index is 1.45. The van der Waals surface area contributed by atoms with E-state index in [1.54, 1.807) is 31.4 Å². The summed E-state index contributed by atoms with van der Waals surface area (Å²) in [6.45, 7) is 0.123.